The molecule has 0 bridgehead atoms. The zero-order chi connectivity index (χ0) is 23.2. The van der Waals surface area contributed by atoms with E-state index in [0.29, 0.717) is 36.3 Å². The second-order valence-electron chi connectivity index (χ2n) is 12.4. The second kappa shape index (κ2) is 11.7. The van der Waals surface area contributed by atoms with Gasteiger partial charge in [0.05, 0.1) is 25.4 Å². The first-order valence-electron chi connectivity index (χ1n) is 13.7. The van der Waals surface area contributed by atoms with Gasteiger partial charge in [-0.15, -0.1) is 13.2 Å². The molecular formula is C30H52O2. The van der Waals surface area contributed by atoms with E-state index in [4.69, 9.17) is 9.47 Å². The summed E-state index contributed by atoms with van der Waals surface area (Å²) in [6, 6.07) is 0. The van der Waals surface area contributed by atoms with Gasteiger partial charge in [-0.1, -0.05) is 39.8 Å². The largest absolute Gasteiger partial charge is 0.374 e. The predicted molar refractivity (Wildman–Crippen MR) is 137 cm³/mol. The van der Waals surface area contributed by atoms with Crippen LogP contribution >= 0.6 is 0 Å². The van der Waals surface area contributed by atoms with E-state index in [0.717, 1.165) is 23.7 Å². The summed E-state index contributed by atoms with van der Waals surface area (Å²) < 4.78 is 11.9. The molecule has 2 nitrogen and oxygen atoms in total. The van der Waals surface area contributed by atoms with Crippen LogP contribution in [0.25, 0.3) is 0 Å². The molecule has 3 rings (SSSR count). The van der Waals surface area contributed by atoms with Crippen LogP contribution in [-0.2, 0) is 9.47 Å². The Morgan fingerprint density at radius 2 is 0.781 bits per heavy atom. The Balaban J connectivity index is 1.46. The zero-order valence-electron chi connectivity index (χ0n) is 21.7. The first-order chi connectivity index (χ1) is 15.3. The lowest BCUT2D eigenvalue weighted by Gasteiger charge is -2.50. The minimum absolute atomic E-state index is 0.467. The van der Waals surface area contributed by atoms with Crippen LogP contribution < -0.4 is 0 Å². The SMILES string of the molecule is C=CCOC1CCC(C(C)(C)C2CCC(C(C)(C)C3CCC(OCC=C)CC3)CC2)CC1. The van der Waals surface area contributed by atoms with Gasteiger partial charge in [-0.3, -0.25) is 0 Å². The molecule has 0 aliphatic heterocycles. The Morgan fingerprint density at radius 1 is 0.531 bits per heavy atom. The number of hydrogen-bond acceptors (Lipinski definition) is 2. The Hall–Kier alpha value is -0.600. The molecule has 3 aliphatic carbocycles. The summed E-state index contributed by atoms with van der Waals surface area (Å²) in [6.07, 6.45) is 20.8. The van der Waals surface area contributed by atoms with Crippen molar-refractivity contribution in [3.63, 3.8) is 0 Å². The lowest BCUT2D eigenvalue weighted by molar-refractivity contribution is -0.0319. The number of rotatable bonds is 10. The quantitative estimate of drug-likeness (QED) is 0.315. The van der Waals surface area contributed by atoms with Gasteiger partial charge in [-0.2, -0.15) is 0 Å². The Labute approximate surface area is 199 Å². The van der Waals surface area contributed by atoms with Crippen LogP contribution in [-0.4, -0.2) is 25.4 Å². The van der Waals surface area contributed by atoms with Crippen LogP contribution in [0.3, 0.4) is 0 Å². The van der Waals surface area contributed by atoms with Crippen LogP contribution in [0, 0.1) is 34.5 Å². The Bertz CT molecular complexity index is 516. The maximum Gasteiger partial charge on any atom is 0.0648 e. The van der Waals surface area contributed by atoms with Gasteiger partial charge < -0.3 is 9.47 Å². The molecule has 3 aliphatic rings. The van der Waals surface area contributed by atoms with Crippen molar-refractivity contribution in [2.75, 3.05) is 13.2 Å². The monoisotopic (exact) mass is 444 g/mol. The van der Waals surface area contributed by atoms with Crippen molar-refractivity contribution in [3.05, 3.63) is 25.3 Å². The fourth-order valence-electron chi connectivity index (χ4n) is 7.60. The van der Waals surface area contributed by atoms with E-state index >= 15 is 0 Å². The third-order valence-corrected chi connectivity index (χ3v) is 10.2. The minimum atomic E-state index is 0.467. The highest BCUT2D eigenvalue weighted by Crippen LogP contribution is 2.54. The van der Waals surface area contributed by atoms with Gasteiger partial charge >= 0.3 is 0 Å². The van der Waals surface area contributed by atoms with Crippen LogP contribution in [0.2, 0.25) is 0 Å². The first kappa shape index (κ1) is 26.0. The number of ether oxygens (including phenoxy) is 2. The molecule has 0 unspecified atom stereocenters. The summed E-state index contributed by atoms with van der Waals surface area (Å²) in [5.74, 6) is 3.53. The average molecular weight is 445 g/mol. The van der Waals surface area contributed by atoms with Crippen LogP contribution in [0.15, 0.2) is 25.3 Å². The summed E-state index contributed by atoms with van der Waals surface area (Å²) in [7, 11) is 0. The highest BCUT2D eigenvalue weighted by atomic mass is 16.5. The highest BCUT2D eigenvalue weighted by Gasteiger charge is 2.45. The van der Waals surface area contributed by atoms with Crippen molar-refractivity contribution < 1.29 is 9.47 Å². The summed E-state index contributed by atoms with van der Waals surface area (Å²) in [5, 5.41) is 0. The van der Waals surface area contributed by atoms with Gasteiger partial charge in [0.25, 0.3) is 0 Å². The fourth-order valence-corrected chi connectivity index (χ4v) is 7.60. The van der Waals surface area contributed by atoms with Gasteiger partial charge in [-0.05, 0) is 112 Å². The lowest BCUT2D eigenvalue weighted by Crippen LogP contribution is -2.42. The van der Waals surface area contributed by atoms with Crippen LogP contribution in [0.1, 0.15) is 105 Å². The number of hydrogen-bond donors (Lipinski definition) is 0. The van der Waals surface area contributed by atoms with Crippen molar-refractivity contribution in [2.24, 2.45) is 34.5 Å². The third-order valence-electron chi connectivity index (χ3n) is 10.2. The molecule has 0 aromatic carbocycles. The maximum atomic E-state index is 5.94. The molecule has 0 atom stereocenters. The molecule has 3 saturated carbocycles. The molecule has 2 heteroatoms. The van der Waals surface area contributed by atoms with Gasteiger partial charge in [0.2, 0.25) is 0 Å². The molecule has 0 N–H and O–H groups in total. The van der Waals surface area contributed by atoms with Crippen molar-refractivity contribution in [1.29, 1.82) is 0 Å². The highest BCUT2D eigenvalue weighted by molar-refractivity contribution is 4.95. The van der Waals surface area contributed by atoms with Gasteiger partial charge in [0.15, 0.2) is 0 Å². The van der Waals surface area contributed by atoms with Gasteiger partial charge in [-0.25, -0.2) is 0 Å². The molecule has 0 amide bonds. The molecular weight excluding hydrogens is 392 g/mol. The van der Waals surface area contributed by atoms with E-state index in [1.807, 2.05) is 12.2 Å². The van der Waals surface area contributed by atoms with Crippen molar-refractivity contribution in [2.45, 2.75) is 117 Å². The molecule has 3 fully saturated rings. The molecule has 184 valence electrons. The van der Waals surface area contributed by atoms with E-state index in [1.54, 1.807) is 0 Å². The maximum absolute atomic E-state index is 5.94. The summed E-state index contributed by atoms with van der Waals surface area (Å²) in [4.78, 5) is 0. The third kappa shape index (κ3) is 6.29. The van der Waals surface area contributed by atoms with Crippen molar-refractivity contribution in [1.82, 2.24) is 0 Å². The van der Waals surface area contributed by atoms with E-state index in [2.05, 4.69) is 40.9 Å². The molecule has 0 radical (unpaired) electrons. The molecule has 0 spiro atoms. The molecule has 0 aromatic heterocycles. The van der Waals surface area contributed by atoms with E-state index < -0.39 is 0 Å². The van der Waals surface area contributed by atoms with Crippen molar-refractivity contribution in [3.8, 4) is 0 Å². The van der Waals surface area contributed by atoms with Gasteiger partial charge in [0.1, 0.15) is 0 Å². The Kier molecular flexibility index (Phi) is 9.51. The predicted octanol–water partition coefficient (Wildman–Crippen LogP) is 8.37. The minimum Gasteiger partial charge on any atom is -0.374 e. The van der Waals surface area contributed by atoms with E-state index in [9.17, 15) is 0 Å². The second-order valence-corrected chi connectivity index (χ2v) is 12.4. The van der Waals surface area contributed by atoms with Crippen LogP contribution in [0.4, 0.5) is 0 Å². The van der Waals surface area contributed by atoms with Gasteiger partial charge in [0, 0.05) is 0 Å². The lowest BCUT2D eigenvalue weighted by atomic mass is 9.55. The average Bonchev–Trinajstić information content (AvgIpc) is 2.82. The fraction of sp³-hybridized carbons (Fsp3) is 0.867. The summed E-state index contributed by atoms with van der Waals surface area (Å²) in [5.41, 5.74) is 0.943. The smallest absolute Gasteiger partial charge is 0.0648 e. The molecule has 0 heterocycles. The summed E-state index contributed by atoms with van der Waals surface area (Å²) >= 11 is 0. The first-order valence-corrected chi connectivity index (χ1v) is 13.7. The topological polar surface area (TPSA) is 18.5 Å². The Morgan fingerprint density at radius 3 is 1.03 bits per heavy atom. The van der Waals surface area contributed by atoms with Crippen molar-refractivity contribution >= 4 is 0 Å². The standard InChI is InChI=1S/C30H52O2/c1-7-21-31-27-17-13-25(14-18-27)29(3,4)23-9-11-24(12-10-23)30(5,6)26-15-19-28(20-16-26)32-22-8-2/h7-8,23-28H,1-2,9-22H2,3-6H3. The molecule has 0 aromatic rings. The normalized spacial score (nSPS) is 34.8. The zero-order valence-corrected chi connectivity index (χ0v) is 21.7. The van der Waals surface area contributed by atoms with E-state index in [1.165, 1.54) is 77.0 Å². The molecule has 0 saturated heterocycles. The van der Waals surface area contributed by atoms with E-state index in [-0.39, 0.29) is 0 Å². The molecule has 32 heavy (non-hydrogen) atoms. The van der Waals surface area contributed by atoms with Crippen LogP contribution in [0.5, 0.6) is 0 Å². The summed E-state index contributed by atoms with van der Waals surface area (Å²) in [6.45, 7) is 19.4.